The van der Waals surface area contributed by atoms with Crippen LogP contribution in [0.4, 0.5) is 5.69 Å². The highest BCUT2D eigenvalue weighted by molar-refractivity contribution is 9.10. The van der Waals surface area contributed by atoms with Crippen molar-refractivity contribution in [3.05, 3.63) is 88.4 Å². The second-order valence-corrected chi connectivity index (χ2v) is 10.1. The lowest BCUT2D eigenvalue weighted by molar-refractivity contribution is -0.116. The zero-order valence-electron chi connectivity index (χ0n) is 17.9. The van der Waals surface area contributed by atoms with Crippen LogP contribution in [0.2, 0.25) is 0 Å². The van der Waals surface area contributed by atoms with Gasteiger partial charge in [0, 0.05) is 16.7 Å². The van der Waals surface area contributed by atoms with Crippen molar-refractivity contribution in [1.29, 1.82) is 0 Å². The van der Waals surface area contributed by atoms with E-state index in [9.17, 15) is 13.2 Å². The molecule has 0 unspecified atom stereocenters. The first-order valence-electron chi connectivity index (χ1n) is 10.0. The summed E-state index contributed by atoms with van der Waals surface area (Å²) in [6, 6.07) is 21.7. The van der Waals surface area contributed by atoms with Gasteiger partial charge in [0.15, 0.2) is 0 Å². The van der Waals surface area contributed by atoms with Crippen LogP contribution in [0.15, 0.2) is 82.2 Å². The van der Waals surface area contributed by atoms with Crippen LogP contribution in [0.1, 0.15) is 11.1 Å². The van der Waals surface area contributed by atoms with Gasteiger partial charge in [0.1, 0.15) is 10.6 Å². The van der Waals surface area contributed by atoms with Crippen LogP contribution in [-0.4, -0.2) is 38.8 Å². The molecule has 3 aromatic rings. The van der Waals surface area contributed by atoms with Gasteiger partial charge in [0.25, 0.3) is 0 Å². The number of amides is 1. The number of rotatable bonds is 9. The average Bonchev–Trinajstić information content (AvgIpc) is 2.77. The third-order valence-corrected chi connectivity index (χ3v) is 7.22. The lowest BCUT2D eigenvalue weighted by atomic mass is 10.1. The number of carbonyl (C=O) groups is 1. The van der Waals surface area contributed by atoms with Crippen molar-refractivity contribution in [3.63, 3.8) is 0 Å². The van der Waals surface area contributed by atoms with Gasteiger partial charge < -0.3 is 10.1 Å². The molecule has 1 amide bonds. The molecule has 0 heterocycles. The maximum absolute atomic E-state index is 13.6. The lowest BCUT2D eigenvalue weighted by Gasteiger charge is -2.23. The number of hydrogen-bond acceptors (Lipinski definition) is 4. The predicted molar refractivity (Wildman–Crippen MR) is 129 cm³/mol. The van der Waals surface area contributed by atoms with Crippen LogP contribution in [0.3, 0.4) is 0 Å². The molecule has 0 aromatic heterocycles. The van der Waals surface area contributed by atoms with Crippen molar-refractivity contribution < 1.29 is 17.9 Å². The van der Waals surface area contributed by atoms with Crippen molar-refractivity contribution in [2.45, 2.75) is 18.2 Å². The van der Waals surface area contributed by atoms with E-state index in [2.05, 4.69) is 21.2 Å². The maximum atomic E-state index is 13.6. The number of ether oxygens (including phenoxy) is 1. The largest absolute Gasteiger partial charge is 0.495 e. The standard InChI is InChI=1S/C24H25BrN2O4S/c1-18-11-12-22(31-2)23(15-18)32(29,30)27(14-13-19-7-4-3-5-8-19)17-24(28)26-21-10-6-9-20(25)16-21/h3-12,15-16H,13-14,17H2,1-2H3,(H,26,28). The number of halogens is 1. The highest BCUT2D eigenvalue weighted by atomic mass is 79.9. The van der Waals surface area contributed by atoms with Crippen LogP contribution in [-0.2, 0) is 21.2 Å². The topological polar surface area (TPSA) is 75.7 Å². The molecular weight excluding hydrogens is 492 g/mol. The van der Waals surface area contributed by atoms with Gasteiger partial charge in [-0.3, -0.25) is 4.79 Å². The van der Waals surface area contributed by atoms with Gasteiger partial charge in [0.05, 0.1) is 13.7 Å². The van der Waals surface area contributed by atoms with E-state index >= 15 is 0 Å². The summed E-state index contributed by atoms with van der Waals surface area (Å²) in [5.41, 5.74) is 2.35. The number of nitrogens with one attached hydrogen (secondary N) is 1. The zero-order valence-corrected chi connectivity index (χ0v) is 20.3. The molecule has 1 N–H and O–H groups in total. The maximum Gasteiger partial charge on any atom is 0.247 e. The minimum atomic E-state index is -3.99. The number of aryl methyl sites for hydroxylation is 1. The Morgan fingerprint density at radius 3 is 2.47 bits per heavy atom. The molecule has 3 aromatic carbocycles. The van der Waals surface area contributed by atoms with E-state index in [1.165, 1.54) is 11.4 Å². The molecule has 0 saturated carbocycles. The van der Waals surface area contributed by atoms with Crippen LogP contribution in [0.25, 0.3) is 0 Å². The number of carbonyl (C=O) groups excluding carboxylic acids is 1. The van der Waals surface area contributed by atoms with Crippen molar-refractivity contribution >= 4 is 37.5 Å². The summed E-state index contributed by atoms with van der Waals surface area (Å²) in [5, 5.41) is 2.77. The van der Waals surface area contributed by atoms with Gasteiger partial charge in [-0.15, -0.1) is 0 Å². The van der Waals surface area contributed by atoms with Crippen LogP contribution < -0.4 is 10.1 Å². The Hall–Kier alpha value is -2.68. The lowest BCUT2D eigenvalue weighted by Crippen LogP contribution is -2.39. The van der Waals surface area contributed by atoms with Gasteiger partial charge in [-0.1, -0.05) is 58.4 Å². The third-order valence-electron chi connectivity index (χ3n) is 4.86. The Labute approximate surface area is 197 Å². The van der Waals surface area contributed by atoms with E-state index < -0.39 is 15.9 Å². The Morgan fingerprint density at radius 1 is 1.03 bits per heavy atom. The number of nitrogens with zero attached hydrogens (tertiary/aromatic N) is 1. The van der Waals surface area contributed by atoms with Crippen LogP contribution in [0, 0.1) is 6.92 Å². The number of sulfonamides is 1. The molecule has 0 aliphatic heterocycles. The summed E-state index contributed by atoms with van der Waals surface area (Å²) in [5.74, 6) is -0.181. The molecule has 0 fully saturated rings. The minimum Gasteiger partial charge on any atom is -0.495 e. The molecule has 0 aliphatic rings. The summed E-state index contributed by atoms with van der Waals surface area (Å²) < 4.78 is 34.5. The molecule has 0 atom stereocenters. The van der Waals surface area contributed by atoms with Gasteiger partial charge in [0.2, 0.25) is 15.9 Å². The number of anilines is 1. The first-order valence-corrected chi connectivity index (χ1v) is 12.3. The van der Waals surface area contributed by atoms with Gasteiger partial charge in [-0.05, 0) is 54.8 Å². The molecule has 6 nitrogen and oxygen atoms in total. The third kappa shape index (κ3) is 6.18. The highest BCUT2D eigenvalue weighted by Gasteiger charge is 2.29. The van der Waals surface area contributed by atoms with Crippen LogP contribution >= 0.6 is 15.9 Å². The molecule has 0 bridgehead atoms. The van der Waals surface area contributed by atoms with E-state index in [-0.39, 0.29) is 23.7 Å². The molecule has 0 saturated heterocycles. The van der Waals surface area contributed by atoms with Gasteiger partial charge in [-0.25, -0.2) is 8.42 Å². The second-order valence-electron chi connectivity index (χ2n) is 7.29. The van der Waals surface area contributed by atoms with Gasteiger partial charge >= 0.3 is 0 Å². The van der Waals surface area contributed by atoms with Crippen LogP contribution in [0.5, 0.6) is 5.75 Å². The van der Waals surface area contributed by atoms with Crippen molar-refractivity contribution in [3.8, 4) is 5.75 Å². The molecule has 32 heavy (non-hydrogen) atoms. The molecule has 0 spiro atoms. The molecule has 0 aliphatic carbocycles. The van der Waals surface area contributed by atoms with Crippen molar-refractivity contribution in [2.75, 3.05) is 25.5 Å². The minimum absolute atomic E-state index is 0.0447. The Bertz CT molecular complexity index is 1180. The number of methoxy groups -OCH3 is 1. The first kappa shape index (κ1) is 24.0. The fraction of sp³-hybridized carbons (Fsp3) is 0.208. The zero-order chi connectivity index (χ0) is 23.1. The Kier molecular flexibility index (Phi) is 8.06. The fourth-order valence-electron chi connectivity index (χ4n) is 3.23. The highest BCUT2D eigenvalue weighted by Crippen LogP contribution is 2.28. The average molecular weight is 517 g/mol. The summed E-state index contributed by atoms with van der Waals surface area (Å²) in [6.07, 6.45) is 0.471. The van der Waals surface area contributed by atoms with Crippen molar-refractivity contribution in [1.82, 2.24) is 4.31 Å². The van der Waals surface area contributed by atoms with E-state index in [0.717, 1.165) is 15.6 Å². The molecule has 0 radical (unpaired) electrons. The summed E-state index contributed by atoms with van der Waals surface area (Å²) in [4.78, 5) is 12.8. The predicted octanol–water partition coefficient (Wildman–Crippen LogP) is 4.64. The normalized spacial score (nSPS) is 11.4. The fourth-order valence-corrected chi connectivity index (χ4v) is 5.27. The Morgan fingerprint density at radius 2 is 1.78 bits per heavy atom. The van der Waals surface area contributed by atoms with E-state index in [1.54, 1.807) is 36.4 Å². The van der Waals surface area contributed by atoms with Gasteiger partial charge in [-0.2, -0.15) is 4.31 Å². The second kappa shape index (κ2) is 10.8. The smallest absolute Gasteiger partial charge is 0.247 e. The summed E-state index contributed by atoms with van der Waals surface area (Å²) >= 11 is 3.37. The summed E-state index contributed by atoms with van der Waals surface area (Å²) in [6.45, 7) is 1.64. The molecule has 8 heteroatoms. The number of hydrogen-bond donors (Lipinski definition) is 1. The van der Waals surface area contributed by atoms with E-state index in [4.69, 9.17) is 4.74 Å². The quantitative estimate of drug-likeness (QED) is 0.449. The SMILES string of the molecule is COc1ccc(C)cc1S(=O)(=O)N(CCc1ccccc1)CC(=O)Nc1cccc(Br)c1. The van der Waals surface area contributed by atoms with E-state index in [1.807, 2.05) is 43.3 Å². The van der Waals surface area contributed by atoms with Crippen molar-refractivity contribution in [2.24, 2.45) is 0 Å². The molecule has 3 rings (SSSR count). The van der Waals surface area contributed by atoms with E-state index in [0.29, 0.717) is 12.1 Å². The molecule has 168 valence electrons. The number of benzene rings is 3. The monoisotopic (exact) mass is 516 g/mol. The Balaban J connectivity index is 1.89. The molecular formula is C24H25BrN2O4S. The first-order chi connectivity index (χ1) is 15.3. The summed E-state index contributed by atoms with van der Waals surface area (Å²) in [7, 11) is -2.57.